The van der Waals surface area contributed by atoms with Crippen molar-refractivity contribution in [3.05, 3.63) is 83.2 Å². The molecule has 136 valence electrons. The summed E-state index contributed by atoms with van der Waals surface area (Å²) in [5.74, 6) is 0.456. The second-order valence-corrected chi connectivity index (χ2v) is 6.20. The Hall–Kier alpha value is -3.48. The highest BCUT2D eigenvalue weighted by atomic mass is 19.2. The average molecular weight is 363 g/mol. The number of para-hydroxylation sites is 1. The fraction of sp³-hybridized carbons (Fsp3) is 0.150. The van der Waals surface area contributed by atoms with E-state index in [4.69, 9.17) is 4.74 Å². The highest BCUT2D eigenvalue weighted by molar-refractivity contribution is 5.60. The monoisotopic (exact) mass is 363 g/mol. The maximum absolute atomic E-state index is 13.8. The van der Waals surface area contributed by atoms with Crippen LogP contribution in [-0.2, 0) is 11.2 Å². The maximum atomic E-state index is 13.8. The van der Waals surface area contributed by atoms with E-state index >= 15 is 0 Å². The molecule has 7 heteroatoms. The van der Waals surface area contributed by atoms with Gasteiger partial charge in [-0.3, -0.25) is 0 Å². The molecule has 0 radical (unpaired) electrons. The summed E-state index contributed by atoms with van der Waals surface area (Å²) in [6.45, 7) is 1.92. The summed E-state index contributed by atoms with van der Waals surface area (Å²) in [4.78, 5) is 9.07. The van der Waals surface area contributed by atoms with E-state index in [1.54, 1.807) is 6.07 Å². The predicted molar refractivity (Wildman–Crippen MR) is 101 cm³/mol. The molecule has 0 bridgehead atoms. The Morgan fingerprint density at radius 3 is 2.63 bits per heavy atom. The van der Waals surface area contributed by atoms with Crippen molar-refractivity contribution in [3.63, 3.8) is 0 Å². The highest BCUT2D eigenvalue weighted by Crippen LogP contribution is 2.32. The third-order valence-electron chi connectivity index (χ3n) is 4.15. The van der Waals surface area contributed by atoms with Crippen molar-refractivity contribution < 1.29 is 9.22 Å². The van der Waals surface area contributed by atoms with Gasteiger partial charge in [-0.2, -0.15) is 0 Å². The fourth-order valence-corrected chi connectivity index (χ4v) is 2.96. The van der Waals surface area contributed by atoms with E-state index in [2.05, 4.69) is 32.5 Å². The van der Waals surface area contributed by atoms with Gasteiger partial charge in [0.1, 0.15) is 0 Å². The Kier molecular flexibility index (Phi) is 4.65. The molecule has 0 saturated heterocycles. The van der Waals surface area contributed by atoms with Crippen LogP contribution >= 0.6 is 0 Å². The molecule has 1 unspecified atom stereocenters. The first kappa shape index (κ1) is 17.0. The lowest BCUT2D eigenvalue weighted by Gasteiger charge is -2.18. The maximum Gasteiger partial charge on any atom is 0.247 e. The van der Waals surface area contributed by atoms with Gasteiger partial charge in [0.2, 0.25) is 12.2 Å². The number of hydrogen-bond donors (Lipinski definition) is 1. The Morgan fingerprint density at radius 2 is 1.85 bits per heavy atom. The van der Waals surface area contributed by atoms with Gasteiger partial charge >= 0.3 is 0 Å². The van der Waals surface area contributed by atoms with Crippen molar-refractivity contribution in [1.29, 1.82) is 0 Å². The van der Waals surface area contributed by atoms with Crippen LogP contribution < -0.4 is 5.32 Å². The summed E-state index contributed by atoms with van der Waals surface area (Å²) in [5, 5.41) is 6.94. The van der Waals surface area contributed by atoms with Crippen LogP contribution in [0.2, 0.25) is 0 Å². The summed E-state index contributed by atoms with van der Waals surface area (Å²) in [5.41, 5.74) is 4.19. The lowest BCUT2D eigenvalue weighted by atomic mass is 10.1. The van der Waals surface area contributed by atoms with Crippen molar-refractivity contribution in [3.8, 4) is 0 Å². The first-order valence-corrected chi connectivity index (χ1v) is 8.56. The highest BCUT2D eigenvalue weighted by Gasteiger charge is 2.27. The van der Waals surface area contributed by atoms with Gasteiger partial charge in [0.05, 0.1) is 5.69 Å². The van der Waals surface area contributed by atoms with Crippen LogP contribution in [0.5, 0.6) is 0 Å². The summed E-state index contributed by atoms with van der Waals surface area (Å²) < 4.78 is 19.0. The van der Waals surface area contributed by atoms with Crippen LogP contribution in [0.3, 0.4) is 0 Å². The Balaban J connectivity index is 1.60. The number of halogens is 1. The van der Waals surface area contributed by atoms with Gasteiger partial charge in [-0.25, -0.2) is 9.97 Å². The van der Waals surface area contributed by atoms with E-state index < -0.39 is 6.23 Å². The molecule has 0 fully saturated rings. The number of ether oxygens (including phenoxy) is 1. The van der Waals surface area contributed by atoms with E-state index in [0.29, 0.717) is 23.6 Å². The van der Waals surface area contributed by atoms with Gasteiger partial charge in [-0.15, -0.1) is 5.10 Å². The van der Waals surface area contributed by atoms with E-state index in [-0.39, 0.29) is 5.23 Å². The SMILES string of the molecule is Cc1cc(Cc2ccccc2)nc(Nc2ccccc2C2OC=NN2F)n1. The molecule has 2 heterocycles. The summed E-state index contributed by atoms with van der Waals surface area (Å²) in [6.07, 6.45) is 0.864. The van der Waals surface area contributed by atoms with Crippen molar-refractivity contribution in [2.45, 2.75) is 19.6 Å². The number of aromatic nitrogens is 2. The van der Waals surface area contributed by atoms with Gasteiger partial charge in [-0.1, -0.05) is 58.2 Å². The van der Waals surface area contributed by atoms with Crippen LogP contribution in [0.25, 0.3) is 0 Å². The number of anilines is 2. The van der Waals surface area contributed by atoms with E-state index in [0.717, 1.165) is 17.8 Å². The minimum Gasteiger partial charge on any atom is -0.450 e. The molecule has 0 spiro atoms. The first-order chi connectivity index (χ1) is 13.2. The molecule has 0 amide bonds. The van der Waals surface area contributed by atoms with Crippen molar-refractivity contribution in [2.24, 2.45) is 5.10 Å². The van der Waals surface area contributed by atoms with E-state index in [1.165, 1.54) is 5.56 Å². The van der Waals surface area contributed by atoms with E-state index in [1.807, 2.05) is 49.4 Å². The zero-order chi connectivity index (χ0) is 18.6. The second-order valence-electron chi connectivity index (χ2n) is 6.20. The molecule has 1 N–H and O–H groups in total. The standard InChI is InChI=1S/C20H18FN5O/c1-14-11-16(12-15-7-3-2-4-8-15)24-20(23-14)25-18-10-6-5-9-17(18)19-26(21)22-13-27-19/h2-11,13,19H,12H2,1H3,(H,23,24,25). The zero-order valence-electron chi connectivity index (χ0n) is 14.7. The lowest BCUT2D eigenvalue weighted by Crippen LogP contribution is -2.14. The minimum atomic E-state index is -0.928. The number of nitrogens with one attached hydrogen (secondary N) is 1. The number of hydrogen-bond acceptors (Lipinski definition) is 6. The zero-order valence-corrected chi connectivity index (χ0v) is 14.7. The molecular weight excluding hydrogens is 345 g/mol. The average Bonchev–Trinajstić information content (AvgIpc) is 3.08. The summed E-state index contributed by atoms with van der Waals surface area (Å²) in [6, 6.07) is 19.3. The molecule has 2 aromatic carbocycles. The molecule has 4 rings (SSSR count). The van der Waals surface area contributed by atoms with Crippen LogP contribution in [0.4, 0.5) is 16.1 Å². The van der Waals surface area contributed by atoms with Crippen LogP contribution in [0.1, 0.15) is 28.7 Å². The quantitative estimate of drug-likeness (QED) is 0.686. The largest absolute Gasteiger partial charge is 0.450 e. The molecule has 0 aliphatic carbocycles. The molecule has 3 aromatic rings. The third kappa shape index (κ3) is 3.87. The van der Waals surface area contributed by atoms with Gasteiger partial charge in [-0.05, 0) is 24.6 Å². The van der Waals surface area contributed by atoms with Gasteiger partial charge in [0, 0.05) is 23.4 Å². The first-order valence-electron chi connectivity index (χ1n) is 8.56. The summed E-state index contributed by atoms with van der Waals surface area (Å²) in [7, 11) is 0. The normalized spacial score (nSPS) is 15.6. The smallest absolute Gasteiger partial charge is 0.247 e. The number of nitrogens with zero attached hydrogens (tertiary/aromatic N) is 4. The number of aryl methyl sites for hydroxylation is 1. The molecule has 1 atom stereocenters. The lowest BCUT2D eigenvalue weighted by molar-refractivity contribution is -0.0850. The van der Waals surface area contributed by atoms with Crippen molar-refractivity contribution in [1.82, 2.24) is 15.2 Å². The third-order valence-corrected chi connectivity index (χ3v) is 4.15. The topological polar surface area (TPSA) is 62.6 Å². The predicted octanol–water partition coefficient (Wildman–Crippen LogP) is 4.28. The summed E-state index contributed by atoms with van der Waals surface area (Å²) >= 11 is 0. The van der Waals surface area contributed by atoms with Crippen LogP contribution in [0, 0.1) is 6.92 Å². The molecule has 1 aromatic heterocycles. The van der Waals surface area contributed by atoms with E-state index in [9.17, 15) is 4.48 Å². The molecule has 0 saturated carbocycles. The molecule has 1 aliphatic rings. The number of hydrazone groups is 1. The Bertz CT molecular complexity index is 964. The Morgan fingerprint density at radius 1 is 1.07 bits per heavy atom. The van der Waals surface area contributed by atoms with Crippen LogP contribution in [-0.4, -0.2) is 21.6 Å². The fourth-order valence-electron chi connectivity index (χ4n) is 2.96. The van der Waals surface area contributed by atoms with Gasteiger partial charge in [0.15, 0.2) is 6.40 Å². The molecule has 1 aliphatic heterocycles. The number of benzene rings is 2. The van der Waals surface area contributed by atoms with Gasteiger partial charge < -0.3 is 10.1 Å². The molecule has 6 nitrogen and oxygen atoms in total. The van der Waals surface area contributed by atoms with Gasteiger partial charge in [0.25, 0.3) is 0 Å². The molecule has 27 heavy (non-hydrogen) atoms. The minimum absolute atomic E-state index is 0.276. The van der Waals surface area contributed by atoms with Crippen molar-refractivity contribution in [2.75, 3.05) is 5.32 Å². The second kappa shape index (κ2) is 7.41. The molecular formula is C20H18FN5O. The number of rotatable bonds is 5. The Labute approximate surface area is 156 Å². The van der Waals surface area contributed by atoms with Crippen molar-refractivity contribution >= 4 is 18.0 Å². The van der Waals surface area contributed by atoms with Crippen LogP contribution in [0.15, 0.2) is 65.8 Å².